The van der Waals surface area contributed by atoms with Gasteiger partial charge in [-0.05, 0) is 29.8 Å². The summed E-state index contributed by atoms with van der Waals surface area (Å²) >= 11 is 0. The smallest absolute Gasteiger partial charge is 0.335 e. The van der Waals surface area contributed by atoms with Gasteiger partial charge in [0.2, 0.25) is 0 Å². The van der Waals surface area contributed by atoms with Crippen molar-refractivity contribution < 1.29 is 9.90 Å². The number of rotatable bonds is 1. The second-order valence-corrected chi connectivity index (χ2v) is 3.37. The first-order valence-electron chi connectivity index (χ1n) is 4.40. The van der Waals surface area contributed by atoms with Crippen molar-refractivity contribution in [2.24, 2.45) is 0 Å². The van der Waals surface area contributed by atoms with Crippen LogP contribution in [-0.4, -0.2) is 36.9 Å². The molecule has 3 radical (unpaired) electrons. The topological polar surface area (TPSA) is 37.3 Å². The fraction of sp³-hybridized carbons (Fsp3) is 0.0833. The Bertz CT molecular complexity index is 506. The van der Waals surface area contributed by atoms with Crippen molar-refractivity contribution in [3.63, 3.8) is 0 Å². The Balaban J connectivity index is 0.00000112. The quantitative estimate of drug-likeness (QED) is 0.878. The van der Waals surface area contributed by atoms with Gasteiger partial charge in [-0.3, -0.25) is 0 Å². The molecule has 3 heteroatoms. The summed E-state index contributed by atoms with van der Waals surface area (Å²) in [6.45, 7) is 2.02. The van der Waals surface area contributed by atoms with Gasteiger partial charge in [0.1, 0.15) is 0 Å². The monoisotopic (exact) mass is 301 g/mol. The molecule has 73 valence electrons. The van der Waals surface area contributed by atoms with E-state index in [1.54, 1.807) is 12.1 Å². The number of fused-ring (bicyclic) bond motifs is 1. The van der Waals surface area contributed by atoms with E-state index in [9.17, 15) is 4.79 Å². The molecule has 0 bridgehead atoms. The van der Waals surface area contributed by atoms with E-state index in [0.29, 0.717) is 5.56 Å². The van der Waals surface area contributed by atoms with Gasteiger partial charge in [0.05, 0.1) is 5.56 Å². The standard InChI is InChI=1S/C12H10O2.In/c1-8-2-3-10-7-11(12(13)14)5-4-9(10)6-8;/h2-7H,1H3,(H,13,14);. The number of carboxylic acid groups (broad SMARTS) is 1. The average Bonchev–Trinajstić information content (AvgIpc) is 2.16. The van der Waals surface area contributed by atoms with E-state index in [1.165, 1.54) is 5.56 Å². The number of aromatic carboxylic acids is 1. The molecule has 0 aromatic heterocycles. The first kappa shape index (κ1) is 12.1. The molecule has 0 fully saturated rings. The molecule has 2 rings (SSSR count). The third kappa shape index (κ3) is 2.53. The largest absolute Gasteiger partial charge is 0.478 e. The van der Waals surface area contributed by atoms with Crippen LogP contribution in [-0.2, 0) is 0 Å². The summed E-state index contributed by atoms with van der Waals surface area (Å²) in [6, 6.07) is 11.1. The van der Waals surface area contributed by atoms with Gasteiger partial charge >= 0.3 is 5.97 Å². The van der Waals surface area contributed by atoms with Crippen LogP contribution in [0.2, 0.25) is 0 Å². The van der Waals surface area contributed by atoms with E-state index in [4.69, 9.17) is 5.11 Å². The van der Waals surface area contributed by atoms with Crippen LogP contribution < -0.4 is 0 Å². The molecule has 0 atom stereocenters. The van der Waals surface area contributed by atoms with Crippen molar-refractivity contribution in [1.29, 1.82) is 0 Å². The second-order valence-electron chi connectivity index (χ2n) is 3.37. The molecular weight excluding hydrogens is 291 g/mol. The Kier molecular flexibility index (Phi) is 3.80. The van der Waals surface area contributed by atoms with Crippen molar-refractivity contribution in [2.75, 3.05) is 0 Å². The molecule has 15 heavy (non-hydrogen) atoms. The van der Waals surface area contributed by atoms with Gasteiger partial charge in [-0.1, -0.05) is 29.8 Å². The van der Waals surface area contributed by atoms with Crippen LogP contribution in [0.3, 0.4) is 0 Å². The van der Waals surface area contributed by atoms with Crippen molar-refractivity contribution in [2.45, 2.75) is 6.92 Å². The fourth-order valence-corrected chi connectivity index (χ4v) is 1.50. The maximum Gasteiger partial charge on any atom is 0.335 e. The number of hydrogen-bond acceptors (Lipinski definition) is 1. The Morgan fingerprint density at radius 3 is 2.33 bits per heavy atom. The van der Waals surface area contributed by atoms with E-state index in [2.05, 4.69) is 0 Å². The first-order chi connectivity index (χ1) is 6.66. The van der Waals surface area contributed by atoms with Gasteiger partial charge in [-0.15, -0.1) is 0 Å². The van der Waals surface area contributed by atoms with Crippen LogP contribution in [0.4, 0.5) is 0 Å². The van der Waals surface area contributed by atoms with Gasteiger partial charge in [0.25, 0.3) is 0 Å². The molecular formula is C12H10InO2. The van der Waals surface area contributed by atoms with Gasteiger partial charge in [0.15, 0.2) is 0 Å². The summed E-state index contributed by atoms with van der Waals surface area (Å²) in [7, 11) is 0. The summed E-state index contributed by atoms with van der Waals surface area (Å²) < 4.78 is 0. The molecule has 0 aliphatic carbocycles. The maximum absolute atomic E-state index is 10.7. The molecule has 1 N–H and O–H groups in total. The second kappa shape index (κ2) is 4.71. The average molecular weight is 301 g/mol. The Hall–Kier alpha value is -0.960. The van der Waals surface area contributed by atoms with Crippen molar-refractivity contribution in [1.82, 2.24) is 0 Å². The molecule has 2 aromatic carbocycles. The Morgan fingerprint density at radius 1 is 1.07 bits per heavy atom. The number of benzene rings is 2. The normalized spacial score (nSPS) is 9.67. The van der Waals surface area contributed by atoms with E-state index < -0.39 is 5.97 Å². The zero-order valence-electron chi connectivity index (χ0n) is 8.40. The predicted molar refractivity (Wildman–Crippen MR) is 61.4 cm³/mol. The van der Waals surface area contributed by atoms with Gasteiger partial charge in [-0.25, -0.2) is 4.79 Å². The van der Waals surface area contributed by atoms with Crippen LogP contribution in [0.5, 0.6) is 0 Å². The van der Waals surface area contributed by atoms with Gasteiger partial charge in [0, 0.05) is 25.8 Å². The number of hydrogen-bond donors (Lipinski definition) is 1. The number of carbonyl (C=O) groups is 1. The van der Waals surface area contributed by atoms with Gasteiger partial charge < -0.3 is 5.11 Å². The van der Waals surface area contributed by atoms with Crippen LogP contribution in [0.15, 0.2) is 36.4 Å². The molecule has 0 unspecified atom stereocenters. The minimum Gasteiger partial charge on any atom is -0.478 e. The summed E-state index contributed by atoms with van der Waals surface area (Å²) in [5, 5.41) is 10.8. The molecule has 0 amide bonds. The van der Waals surface area contributed by atoms with Crippen LogP contribution in [0, 0.1) is 6.92 Å². The molecule has 0 aliphatic heterocycles. The zero-order chi connectivity index (χ0) is 10.1. The summed E-state index contributed by atoms with van der Waals surface area (Å²) in [4.78, 5) is 10.7. The molecule has 0 aliphatic rings. The molecule has 0 saturated heterocycles. The van der Waals surface area contributed by atoms with Crippen molar-refractivity contribution in [3.05, 3.63) is 47.5 Å². The zero-order valence-corrected chi connectivity index (χ0v) is 11.7. The molecule has 0 saturated carbocycles. The van der Waals surface area contributed by atoms with Gasteiger partial charge in [-0.2, -0.15) is 0 Å². The van der Waals surface area contributed by atoms with E-state index in [1.807, 2.05) is 31.2 Å². The third-order valence-corrected chi connectivity index (χ3v) is 2.24. The number of carboxylic acids is 1. The SMILES string of the molecule is Cc1ccc2cc(C(=O)O)ccc2c1.[In]. The molecule has 0 heterocycles. The van der Waals surface area contributed by atoms with E-state index >= 15 is 0 Å². The third-order valence-electron chi connectivity index (χ3n) is 2.24. The Morgan fingerprint density at radius 2 is 1.67 bits per heavy atom. The van der Waals surface area contributed by atoms with Crippen LogP contribution in [0.1, 0.15) is 15.9 Å². The van der Waals surface area contributed by atoms with E-state index in [-0.39, 0.29) is 25.8 Å². The molecule has 2 nitrogen and oxygen atoms in total. The minimum atomic E-state index is -0.882. The van der Waals surface area contributed by atoms with Crippen molar-refractivity contribution >= 4 is 42.6 Å². The summed E-state index contributed by atoms with van der Waals surface area (Å²) in [5.74, 6) is -0.882. The van der Waals surface area contributed by atoms with Crippen molar-refractivity contribution in [3.8, 4) is 0 Å². The Labute approximate surface area is 107 Å². The van der Waals surface area contributed by atoms with Crippen LogP contribution in [0.25, 0.3) is 10.8 Å². The molecule has 2 aromatic rings. The predicted octanol–water partition coefficient (Wildman–Crippen LogP) is 2.47. The summed E-state index contributed by atoms with van der Waals surface area (Å²) in [5.41, 5.74) is 1.52. The van der Waals surface area contributed by atoms with E-state index in [0.717, 1.165) is 10.8 Å². The number of aryl methyl sites for hydroxylation is 1. The first-order valence-corrected chi connectivity index (χ1v) is 4.40. The fourth-order valence-electron chi connectivity index (χ4n) is 1.50. The van der Waals surface area contributed by atoms with Crippen LogP contribution >= 0.6 is 0 Å². The minimum absolute atomic E-state index is 0. The molecule has 0 spiro atoms. The summed E-state index contributed by atoms with van der Waals surface area (Å²) in [6.07, 6.45) is 0. The maximum atomic E-state index is 10.7.